The molecule has 2 heterocycles. The van der Waals surface area contributed by atoms with Gasteiger partial charge in [-0.05, 0) is 36.4 Å². The van der Waals surface area contributed by atoms with Crippen LogP contribution >= 0.6 is 0 Å². The first-order chi connectivity index (χ1) is 10.2. The highest BCUT2D eigenvalue weighted by Gasteiger charge is 2.28. The van der Waals surface area contributed by atoms with Crippen molar-refractivity contribution in [1.29, 1.82) is 0 Å². The molecule has 0 spiro atoms. The third kappa shape index (κ3) is 2.33. The molecule has 0 aliphatic carbocycles. The number of hydrogen-bond donors (Lipinski definition) is 0. The first kappa shape index (κ1) is 13.2. The SMILES string of the molecule is COc1ccc(OC)c(/C=C2\N=C3C=CC=CN3C2=O)c1. The molecule has 1 aromatic rings. The van der Waals surface area contributed by atoms with E-state index in [-0.39, 0.29) is 5.91 Å². The van der Waals surface area contributed by atoms with Crippen molar-refractivity contribution in [1.82, 2.24) is 4.90 Å². The number of aliphatic imine (C=N–C) groups is 1. The number of carbonyl (C=O) groups excluding carboxylic acids is 1. The Kier molecular flexibility index (Phi) is 3.31. The molecular weight excluding hydrogens is 268 g/mol. The summed E-state index contributed by atoms with van der Waals surface area (Å²) in [5.74, 6) is 1.82. The predicted molar refractivity (Wildman–Crippen MR) is 80.1 cm³/mol. The van der Waals surface area contributed by atoms with Gasteiger partial charge in [0.15, 0.2) is 0 Å². The Morgan fingerprint density at radius 1 is 1.19 bits per heavy atom. The maximum Gasteiger partial charge on any atom is 0.282 e. The van der Waals surface area contributed by atoms with Crippen LogP contribution in [0.2, 0.25) is 0 Å². The van der Waals surface area contributed by atoms with Gasteiger partial charge in [-0.15, -0.1) is 0 Å². The summed E-state index contributed by atoms with van der Waals surface area (Å²) < 4.78 is 10.5. The van der Waals surface area contributed by atoms with Crippen molar-refractivity contribution >= 4 is 17.8 Å². The van der Waals surface area contributed by atoms with E-state index in [1.54, 1.807) is 50.8 Å². The first-order valence-electron chi connectivity index (χ1n) is 6.44. The van der Waals surface area contributed by atoms with Crippen LogP contribution in [-0.2, 0) is 4.79 Å². The summed E-state index contributed by atoms with van der Waals surface area (Å²) in [6.07, 6.45) is 8.84. The van der Waals surface area contributed by atoms with Crippen molar-refractivity contribution in [2.75, 3.05) is 14.2 Å². The third-order valence-corrected chi connectivity index (χ3v) is 3.24. The minimum absolute atomic E-state index is 0.157. The fraction of sp³-hybridized carbons (Fsp3) is 0.125. The standard InChI is InChI=1S/C16H14N2O3/c1-20-12-6-7-14(21-2)11(9-12)10-13-16(19)18-8-4-3-5-15(18)17-13/h3-10H,1-2H3/b13-10-. The lowest BCUT2D eigenvalue weighted by atomic mass is 10.1. The first-order valence-corrected chi connectivity index (χ1v) is 6.44. The number of amidine groups is 1. The van der Waals surface area contributed by atoms with Crippen molar-refractivity contribution in [2.45, 2.75) is 0 Å². The van der Waals surface area contributed by atoms with Crippen molar-refractivity contribution in [2.24, 2.45) is 4.99 Å². The number of hydrogen-bond acceptors (Lipinski definition) is 4. The van der Waals surface area contributed by atoms with E-state index in [4.69, 9.17) is 9.47 Å². The smallest absolute Gasteiger partial charge is 0.282 e. The van der Waals surface area contributed by atoms with Crippen molar-refractivity contribution in [3.05, 3.63) is 53.9 Å². The molecule has 0 atom stereocenters. The van der Waals surface area contributed by atoms with E-state index in [1.165, 1.54) is 4.90 Å². The summed E-state index contributed by atoms with van der Waals surface area (Å²) in [4.78, 5) is 18.1. The Labute approximate surface area is 122 Å². The summed E-state index contributed by atoms with van der Waals surface area (Å²) in [6.45, 7) is 0. The Hall–Kier alpha value is -2.82. The quantitative estimate of drug-likeness (QED) is 0.800. The number of allylic oxidation sites excluding steroid dienone is 2. The van der Waals surface area contributed by atoms with Crippen LogP contribution in [0.15, 0.2) is 53.3 Å². The van der Waals surface area contributed by atoms with E-state index in [0.29, 0.717) is 23.0 Å². The van der Waals surface area contributed by atoms with E-state index in [9.17, 15) is 4.79 Å². The average molecular weight is 282 g/mol. The van der Waals surface area contributed by atoms with Crippen LogP contribution in [0.1, 0.15) is 5.56 Å². The predicted octanol–water partition coefficient (Wildman–Crippen LogP) is 2.37. The van der Waals surface area contributed by atoms with Gasteiger partial charge in [-0.1, -0.05) is 6.08 Å². The van der Waals surface area contributed by atoms with Gasteiger partial charge in [0.1, 0.15) is 23.0 Å². The lowest BCUT2D eigenvalue weighted by Crippen LogP contribution is -2.26. The molecule has 0 aromatic heterocycles. The van der Waals surface area contributed by atoms with Gasteiger partial charge in [0, 0.05) is 11.8 Å². The van der Waals surface area contributed by atoms with E-state index >= 15 is 0 Å². The molecule has 5 heteroatoms. The Balaban J connectivity index is 2.03. The largest absolute Gasteiger partial charge is 0.497 e. The number of fused-ring (bicyclic) bond motifs is 1. The van der Waals surface area contributed by atoms with Gasteiger partial charge in [-0.3, -0.25) is 9.69 Å². The topological polar surface area (TPSA) is 51.1 Å². The molecule has 0 fully saturated rings. The van der Waals surface area contributed by atoms with E-state index in [0.717, 1.165) is 5.56 Å². The second kappa shape index (κ2) is 5.28. The fourth-order valence-electron chi connectivity index (χ4n) is 2.19. The monoisotopic (exact) mass is 282 g/mol. The van der Waals surface area contributed by atoms with Gasteiger partial charge in [0.2, 0.25) is 0 Å². The molecule has 2 aliphatic rings. The summed E-state index contributed by atoms with van der Waals surface area (Å²) in [5, 5.41) is 0. The molecule has 0 bridgehead atoms. The van der Waals surface area contributed by atoms with Crippen LogP contribution in [-0.4, -0.2) is 30.9 Å². The van der Waals surface area contributed by atoms with Gasteiger partial charge in [-0.2, -0.15) is 0 Å². The van der Waals surface area contributed by atoms with Gasteiger partial charge < -0.3 is 9.47 Å². The molecule has 5 nitrogen and oxygen atoms in total. The molecule has 0 radical (unpaired) electrons. The maximum absolute atomic E-state index is 12.3. The zero-order valence-electron chi connectivity index (χ0n) is 11.7. The average Bonchev–Trinajstić information content (AvgIpc) is 2.84. The maximum atomic E-state index is 12.3. The summed E-state index contributed by atoms with van der Waals surface area (Å²) in [6, 6.07) is 5.41. The summed E-state index contributed by atoms with van der Waals surface area (Å²) in [5.41, 5.74) is 1.12. The third-order valence-electron chi connectivity index (χ3n) is 3.24. The highest BCUT2D eigenvalue weighted by molar-refractivity contribution is 6.19. The van der Waals surface area contributed by atoms with Crippen molar-refractivity contribution < 1.29 is 14.3 Å². The molecular formula is C16H14N2O3. The van der Waals surface area contributed by atoms with Crippen molar-refractivity contribution in [3.63, 3.8) is 0 Å². The molecule has 0 saturated heterocycles. The van der Waals surface area contributed by atoms with Gasteiger partial charge in [0.05, 0.1) is 14.2 Å². The molecule has 21 heavy (non-hydrogen) atoms. The lowest BCUT2D eigenvalue weighted by molar-refractivity contribution is -0.120. The number of amides is 1. The van der Waals surface area contributed by atoms with Crippen LogP contribution in [0.4, 0.5) is 0 Å². The highest BCUT2D eigenvalue weighted by atomic mass is 16.5. The van der Waals surface area contributed by atoms with E-state index in [1.807, 2.05) is 12.1 Å². The molecule has 1 aromatic carbocycles. The van der Waals surface area contributed by atoms with Gasteiger partial charge >= 0.3 is 0 Å². The Morgan fingerprint density at radius 2 is 2.05 bits per heavy atom. The van der Waals surface area contributed by atoms with Crippen LogP contribution in [0.5, 0.6) is 11.5 Å². The minimum atomic E-state index is -0.157. The Bertz CT molecular complexity index is 714. The highest BCUT2D eigenvalue weighted by Crippen LogP contribution is 2.28. The fourth-order valence-corrected chi connectivity index (χ4v) is 2.19. The van der Waals surface area contributed by atoms with Crippen LogP contribution in [0.3, 0.4) is 0 Å². The van der Waals surface area contributed by atoms with Crippen LogP contribution in [0.25, 0.3) is 6.08 Å². The minimum Gasteiger partial charge on any atom is -0.497 e. The molecule has 0 unspecified atom stereocenters. The zero-order valence-corrected chi connectivity index (χ0v) is 11.7. The van der Waals surface area contributed by atoms with Gasteiger partial charge in [0.25, 0.3) is 5.91 Å². The number of benzene rings is 1. The normalized spacial score (nSPS) is 18.0. The molecule has 0 N–H and O–H groups in total. The zero-order chi connectivity index (χ0) is 14.8. The van der Waals surface area contributed by atoms with Crippen molar-refractivity contribution in [3.8, 4) is 11.5 Å². The second-order valence-electron chi connectivity index (χ2n) is 4.48. The van der Waals surface area contributed by atoms with E-state index in [2.05, 4.69) is 4.99 Å². The molecule has 106 valence electrons. The van der Waals surface area contributed by atoms with E-state index < -0.39 is 0 Å². The Morgan fingerprint density at radius 3 is 2.76 bits per heavy atom. The molecule has 0 saturated carbocycles. The summed E-state index contributed by atoms with van der Waals surface area (Å²) >= 11 is 0. The second-order valence-corrected chi connectivity index (χ2v) is 4.48. The van der Waals surface area contributed by atoms with Crippen LogP contribution < -0.4 is 9.47 Å². The lowest BCUT2D eigenvalue weighted by Gasteiger charge is -2.12. The number of methoxy groups -OCH3 is 2. The molecule has 2 aliphatic heterocycles. The number of nitrogens with zero attached hydrogens (tertiary/aromatic N) is 2. The molecule has 3 rings (SSSR count). The number of ether oxygens (including phenoxy) is 2. The summed E-state index contributed by atoms with van der Waals surface area (Å²) in [7, 11) is 3.18. The number of carbonyl (C=O) groups is 1. The van der Waals surface area contributed by atoms with Crippen LogP contribution in [0, 0.1) is 0 Å². The molecule has 1 amide bonds. The van der Waals surface area contributed by atoms with Gasteiger partial charge in [-0.25, -0.2) is 4.99 Å². The number of rotatable bonds is 3.